The summed E-state index contributed by atoms with van der Waals surface area (Å²) in [5.74, 6) is 3.77. The van der Waals surface area contributed by atoms with Gasteiger partial charge in [-0.25, -0.2) is 0 Å². The first-order chi connectivity index (χ1) is 13.8. The quantitative estimate of drug-likeness (QED) is 0.769. The molecule has 4 nitrogen and oxygen atoms in total. The van der Waals surface area contributed by atoms with Crippen molar-refractivity contribution >= 4 is 5.91 Å². The molecule has 4 heteroatoms. The van der Waals surface area contributed by atoms with Gasteiger partial charge in [0.25, 0.3) is 5.91 Å². The van der Waals surface area contributed by atoms with Gasteiger partial charge < -0.3 is 14.5 Å². The van der Waals surface area contributed by atoms with E-state index in [-0.39, 0.29) is 5.91 Å². The number of nitrogens with zero attached hydrogens (tertiary/aromatic N) is 2. The smallest absolute Gasteiger partial charge is 0.266 e. The fraction of sp³-hybridized carbons (Fsp3) is 0.720. The predicted octanol–water partition coefficient (Wildman–Crippen LogP) is 4.09. The largest absolute Gasteiger partial charge is 0.478 e. The molecule has 1 aromatic carbocycles. The molecule has 1 aliphatic heterocycles. The van der Waals surface area contributed by atoms with Crippen LogP contribution in [-0.4, -0.2) is 54.5 Å². The maximum absolute atomic E-state index is 13.0. The van der Waals surface area contributed by atoms with Gasteiger partial charge in [0.05, 0.1) is 0 Å². The van der Waals surface area contributed by atoms with Crippen molar-refractivity contribution in [1.82, 2.24) is 9.80 Å². The Morgan fingerprint density at radius 3 is 1.97 bits per heavy atom. The van der Waals surface area contributed by atoms with Gasteiger partial charge in [-0.1, -0.05) is 12.1 Å². The van der Waals surface area contributed by atoms with Crippen LogP contribution in [0.3, 0.4) is 0 Å². The van der Waals surface area contributed by atoms with Gasteiger partial charge in [-0.05, 0) is 100 Å². The molecule has 1 heterocycles. The van der Waals surface area contributed by atoms with Crippen molar-refractivity contribution in [3.05, 3.63) is 29.8 Å². The van der Waals surface area contributed by atoms with Crippen molar-refractivity contribution in [2.24, 2.45) is 17.8 Å². The molecule has 5 fully saturated rings. The van der Waals surface area contributed by atoms with Crippen LogP contribution in [0.15, 0.2) is 24.3 Å². The summed E-state index contributed by atoms with van der Waals surface area (Å²) in [6.45, 7) is 7.24. The third-order valence-corrected chi connectivity index (χ3v) is 8.18. The van der Waals surface area contributed by atoms with Gasteiger partial charge >= 0.3 is 0 Å². The summed E-state index contributed by atoms with van der Waals surface area (Å²) in [4.78, 5) is 17.2. The lowest BCUT2D eigenvalue weighted by atomic mass is 9.48. The van der Waals surface area contributed by atoms with Gasteiger partial charge in [-0.15, -0.1) is 0 Å². The molecule has 4 bridgehead atoms. The molecule has 158 valence electrons. The van der Waals surface area contributed by atoms with Crippen LogP contribution in [0.4, 0.5) is 0 Å². The van der Waals surface area contributed by atoms with E-state index in [2.05, 4.69) is 36.2 Å². The van der Waals surface area contributed by atoms with Crippen LogP contribution in [0.25, 0.3) is 0 Å². The van der Waals surface area contributed by atoms with Crippen molar-refractivity contribution < 1.29 is 9.53 Å². The minimum absolute atomic E-state index is 0.0933. The highest BCUT2D eigenvalue weighted by molar-refractivity contribution is 5.85. The lowest BCUT2D eigenvalue weighted by Crippen LogP contribution is -2.55. The van der Waals surface area contributed by atoms with E-state index in [0.717, 1.165) is 49.7 Å². The number of rotatable bonds is 4. The van der Waals surface area contributed by atoms with Crippen molar-refractivity contribution in [2.75, 3.05) is 33.2 Å². The minimum Gasteiger partial charge on any atom is -0.478 e. The zero-order valence-electron chi connectivity index (χ0n) is 18.3. The van der Waals surface area contributed by atoms with Crippen LogP contribution >= 0.6 is 0 Å². The first-order valence-corrected chi connectivity index (χ1v) is 11.6. The average Bonchev–Trinajstić information content (AvgIpc) is 2.67. The molecule has 4 saturated carbocycles. The number of carbonyl (C=O) groups excluding carboxylic acids is 1. The first-order valence-electron chi connectivity index (χ1n) is 11.6. The van der Waals surface area contributed by atoms with E-state index in [1.54, 1.807) is 0 Å². The Hall–Kier alpha value is -1.55. The van der Waals surface area contributed by atoms with Crippen LogP contribution < -0.4 is 4.74 Å². The standard InChI is InChI=1S/C25H36N2O2/c1-24(2,23(28)27-10-8-26(3)9-11-27)29-22-6-4-21(5-7-22)25-15-18-12-19(16-25)14-20(13-18)17-25/h4-7,18-20H,8-17H2,1-3H3. The SMILES string of the molecule is CN1CCN(C(=O)C(C)(C)Oc2ccc(C34CC5CC(CC(C5)C3)C4)cc2)CC1. The van der Waals surface area contributed by atoms with Gasteiger partial charge in [-0.3, -0.25) is 4.79 Å². The number of ether oxygens (including phenoxy) is 1. The normalized spacial score (nSPS) is 34.4. The molecule has 0 atom stereocenters. The van der Waals surface area contributed by atoms with E-state index in [1.807, 2.05) is 18.7 Å². The summed E-state index contributed by atoms with van der Waals surface area (Å²) in [5.41, 5.74) is 1.09. The van der Waals surface area contributed by atoms with Crippen molar-refractivity contribution in [2.45, 2.75) is 63.4 Å². The van der Waals surface area contributed by atoms with Gasteiger partial charge in [-0.2, -0.15) is 0 Å². The van der Waals surface area contributed by atoms with Gasteiger partial charge in [0.1, 0.15) is 5.75 Å². The first kappa shape index (κ1) is 19.4. The zero-order valence-corrected chi connectivity index (χ0v) is 18.3. The molecule has 0 aromatic heterocycles. The lowest BCUT2D eigenvalue weighted by molar-refractivity contribution is -0.147. The lowest BCUT2D eigenvalue weighted by Gasteiger charge is -2.57. The van der Waals surface area contributed by atoms with Crippen LogP contribution in [0.1, 0.15) is 57.9 Å². The zero-order chi connectivity index (χ0) is 20.2. The number of hydrogen-bond donors (Lipinski definition) is 0. The molecule has 6 rings (SSSR count). The topological polar surface area (TPSA) is 32.8 Å². The van der Waals surface area contributed by atoms with Crippen molar-refractivity contribution in [3.63, 3.8) is 0 Å². The highest BCUT2D eigenvalue weighted by Gasteiger charge is 2.51. The Labute approximate surface area is 175 Å². The molecular formula is C25H36N2O2. The van der Waals surface area contributed by atoms with Gasteiger partial charge in [0, 0.05) is 26.2 Å². The molecule has 0 spiro atoms. The third-order valence-electron chi connectivity index (χ3n) is 8.18. The summed E-state index contributed by atoms with van der Waals surface area (Å²) in [6.07, 6.45) is 8.57. The third kappa shape index (κ3) is 3.58. The molecule has 1 aromatic rings. The summed E-state index contributed by atoms with van der Waals surface area (Å²) in [7, 11) is 2.11. The van der Waals surface area contributed by atoms with Gasteiger partial charge in [0.15, 0.2) is 5.60 Å². The molecule has 5 aliphatic rings. The molecule has 0 radical (unpaired) electrons. The highest BCUT2D eigenvalue weighted by atomic mass is 16.5. The fourth-order valence-electron chi connectivity index (χ4n) is 7.07. The van der Waals surface area contributed by atoms with Crippen LogP contribution in [0.2, 0.25) is 0 Å². The summed E-state index contributed by atoms with van der Waals surface area (Å²) in [5, 5.41) is 0. The second kappa shape index (κ2) is 7.01. The molecule has 1 saturated heterocycles. The molecule has 0 N–H and O–H groups in total. The molecule has 4 aliphatic carbocycles. The van der Waals surface area contributed by atoms with Crippen molar-refractivity contribution in [3.8, 4) is 5.75 Å². The number of amides is 1. The van der Waals surface area contributed by atoms with E-state index < -0.39 is 5.60 Å². The number of benzene rings is 1. The maximum atomic E-state index is 13.0. The Balaban J connectivity index is 1.27. The van der Waals surface area contributed by atoms with E-state index >= 15 is 0 Å². The fourth-order valence-corrected chi connectivity index (χ4v) is 7.07. The van der Waals surface area contributed by atoms with Crippen LogP contribution in [0.5, 0.6) is 5.75 Å². The van der Waals surface area contributed by atoms with E-state index in [9.17, 15) is 4.79 Å². The molecule has 29 heavy (non-hydrogen) atoms. The molecule has 1 amide bonds. The molecular weight excluding hydrogens is 360 g/mol. The Bertz CT molecular complexity index is 726. The highest BCUT2D eigenvalue weighted by Crippen LogP contribution is 2.60. The second-order valence-electron chi connectivity index (χ2n) is 10.9. The number of likely N-dealkylation sites (N-methyl/N-ethyl adjacent to an activating group) is 1. The monoisotopic (exact) mass is 396 g/mol. The van der Waals surface area contributed by atoms with E-state index in [1.165, 1.54) is 44.1 Å². The predicted molar refractivity (Wildman–Crippen MR) is 115 cm³/mol. The Kier molecular flexibility index (Phi) is 4.69. The van der Waals surface area contributed by atoms with Crippen molar-refractivity contribution in [1.29, 1.82) is 0 Å². The molecule has 0 unspecified atom stereocenters. The van der Waals surface area contributed by atoms with Gasteiger partial charge in [0.2, 0.25) is 0 Å². The minimum atomic E-state index is -0.835. The Morgan fingerprint density at radius 1 is 0.931 bits per heavy atom. The average molecular weight is 397 g/mol. The van der Waals surface area contributed by atoms with Crippen LogP contribution in [-0.2, 0) is 10.2 Å². The van der Waals surface area contributed by atoms with E-state index in [4.69, 9.17) is 4.74 Å². The summed E-state index contributed by atoms with van der Waals surface area (Å²) in [6, 6.07) is 8.79. The van der Waals surface area contributed by atoms with E-state index in [0.29, 0.717) is 5.41 Å². The second-order valence-corrected chi connectivity index (χ2v) is 10.9. The maximum Gasteiger partial charge on any atom is 0.266 e. The number of carbonyl (C=O) groups is 1. The summed E-state index contributed by atoms with van der Waals surface area (Å²) >= 11 is 0. The number of hydrogen-bond acceptors (Lipinski definition) is 3. The Morgan fingerprint density at radius 2 is 1.45 bits per heavy atom. The number of piperazine rings is 1. The summed E-state index contributed by atoms with van der Waals surface area (Å²) < 4.78 is 6.21. The van der Waals surface area contributed by atoms with Crippen LogP contribution in [0, 0.1) is 17.8 Å².